The summed E-state index contributed by atoms with van der Waals surface area (Å²) in [6.07, 6.45) is 0. The highest BCUT2D eigenvalue weighted by Crippen LogP contribution is 2.49. The van der Waals surface area contributed by atoms with E-state index in [4.69, 9.17) is 43.5 Å². The SMILES string of the molecule is [2H]c1c([2H])c(-c2ccc3oc4ccccc4c3c2)c([2H])c(-n2c3ccccc3c3c(-c4ccc5c6ccccc6n(-c6ccccc6)c5c4)cccc32)c1[2H].[2H]c1c([2H])c([2H])c(-c2nc(-c3ccc4c(c3)oc3ccccc34)nc(-c3ccc4c(c3)oc3ccccc34)n2)c([2H])c1[2H].[2H]c1c([2H])c([2H])c(-n2c3ccccc3c3ccc(-c4cccc5c4c4ccccc4n5-c4ccc5oc6c(-c7cccc8c7oc7ccccc78)cccc6c5c4)cc32)c([2H])c1[2H]. The Kier molecular flexibility index (Phi) is 15.8. The highest BCUT2D eigenvalue weighted by atomic mass is 16.3. The molecular formula is C135H81N7O5. The van der Waals surface area contributed by atoms with Crippen LogP contribution in [0.2, 0.25) is 0 Å². The average molecular weight is 1900 g/mol. The maximum absolute atomic E-state index is 9.72. The second-order valence-corrected chi connectivity index (χ2v) is 36.8. The first-order valence-corrected chi connectivity index (χ1v) is 48.5. The van der Waals surface area contributed by atoms with Gasteiger partial charge in [-0.05, 0) is 197 Å². The van der Waals surface area contributed by atoms with Gasteiger partial charge in [0, 0.05) is 148 Å². The van der Waals surface area contributed by atoms with E-state index in [2.05, 4.69) is 219 Å². The van der Waals surface area contributed by atoms with Crippen molar-refractivity contribution in [2.45, 2.75) is 0 Å². The minimum Gasteiger partial charge on any atom is -0.456 e. The largest absolute Gasteiger partial charge is 0.456 e. The predicted molar refractivity (Wildman–Crippen MR) is 605 cm³/mol. The van der Waals surface area contributed by atoms with Gasteiger partial charge >= 0.3 is 0 Å². The second-order valence-electron chi connectivity index (χ2n) is 36.8. The van der Waals surface area contributed by atoms with Crippen molar-refractivity contribution in [1.29, 1.82) is 0 Å². The van der Waals surface area contributed by atoms with Crippen LogP contribution >= 0.6 is 0 Å². The van der Waals surface area contributed by atoms with Crippen LogP contribution in [0.25, 0.3) is 298 Å². The Hall–Kier alpha value is -20.0. The van der Waals surface area contributed by atoms with Crippen molar-refractivity contribution in [3.05, 3.63) is 491 Å². The number of fused-ring (bicyclic) bond motifs is 27. The van der Waals surface area contributed by atoms with Crippen molar-refractivity contribution in [2.24, 2.45) is 0 Å². The monoisotopic (exact) mass is 1890 g/mol. The van der Waals surface area contributed by atoms with Gasteiger partial charge in [0.1, 0.15) is 55.8 Å². The molecule has 0 N–H and O–H groups in total. The molecule has 12 heteroatoms. The van der Waals surface area contributed by atoms with Gasteiger partial charge in [0.2, 0.25) is 0 Å². The number of para-hydroxylation sites is 12. The van der Waals surface area contributed by atoms with Gasteiger partial charge in [0.15, 0.2) is 17.5 Å². The van der Waals surface area contributed by atoms with E-state index in [1.807, 2.05) is 215 Å². The lowest BCUT2D eigenvalue weighted by Gasteiger charge is -2.12. The first-order chi connectivity index (χ1) is 78.7. The zero-order chi connectivity index (χ0) is 109. The predicted octanol–water partition coefficient (Wildman–Crippen LogP) is 36.8. The highest BCUT2D eigenvalue weighted by molar-refractivity contribution is 6.22. The molecule has 0 atom stereocenters. The van der Waals surface area contributed by atoms with Crippen LogP contribution < -0.4 is 0 Å². The molecule has 0 saturated carbocycles. The Labute approximate surface area is 858 Å². The third kappa shape index (κ3) is 13.4. The second kappa shape index (κ2) is 33.4. The number of rotatable bonds is 11. The number of aromatic nitrogens is 7. The molecule has 0 bridgehead atoms. The summed E-state index contributed by atoms with van der Waals surface area (Å²) in [4.78, 5) is 14.1. The lowest BCUT2D eigenvalue weighted by atomic mass is 9.98. The molecule has 32 aromatic rings. The number of hydrogen-bond acceptors (Lipinski definition) is 8. The molecule has 0 saturated heterocycles. The number of hydrogen-bond donors (Lipinski definition) is 0. The van der Waals surface area contributed by atoms with E-state index in [0.29, 0.717) is 39.0 Å². The molecule has 10 heterocycles. The summed E-state index contributed by atoms with van der Waals surface area (Å²) in [7, 11) is 0. The molecule has 32 rings (SSSR count). The van der Waals surface area contributed by atoms with Crippen LogP contribution in [-0.2, 0) is 0 Å². The molecule has 0 amide bonds. The molecule has 22 aromatic carbocycles. The van der Waals surface area contributed by atoms with E-state index < -0.39 is 36.3 Å². The smallest absolute Gasteiger partial charge is 0.164 e. The minimum atomic E-state index is -0.487. The van der Waals surface area contributed by atoms with Crippen molar-refractivity contribution in [1.82, 2.24) is 33.2 Å². The van der Waals surface area contributed by atoms with Crippen molar-refractivity contribution in [3.63, 3.8) is 0 Å². The maximum atomic E-state index is 9.72. The number of nitrogens with zero attached hydrogens (tertiary/aromatic N) is 7. The Morgan fingerprint density at radius 1 is 0.170 bits per heavy atom. The first-order valence-electron chi connectivity index (χ1n) is 55.5. The van der Waals surface area contributed by atoms with E-state index >= 15 is 0 Å². The normalized spacial score (nSPS) is 13.3. The summed E-state index contributed by atoms with van der Waals surface area (Å²) >= 11 is 0. The van der Waals surface area contributed by atoms with Crippen LogP contribution in [0.15, 0.2) is 513 Å². The summed E-state index contributed by atoms with van der Waals surface area (Å²) in [5.74, 6) is 0.490. The van der Waals surface area contributed by atoms with Crippen molar-refractivity contribution in [2.75, 3.05) is 0 Å². The van der Waals surface area contributed by atoms with Crippen molar-refractivity contribution < 1.29 is 41.3 Å². The molecule has 147 heavy (non-hydrogen) atoms. The molecule has 686 valence electrons. The quantitative estimate of drug-likeness (QED) is 0.125. The Morgan fingerprint density at radius 2 is 0.510 bits per heavy atom. The Morgan fingerprint density at radius 3 is 1.06 bits per heavy atom. The fourth-order valence-corrected chi connectivity index (χ4v) is 22.2. The van der Waals surface area contributed by atoms with Gasteiger partial charge in [-0.25, -0.2) is 15.0 Å². The fraction of sp³-hybridized carbons (Fsp3) is 0. The van der Waals surface area contributed by atoms with Gasteiger partial charge in [0.05, 0.1) is 63.3 Å². The maximum Gasteiger partial charge on any atom is 0.164 e. The standard InChI is InChI=1S/C54H32N2O2.C48H30N2O.C33H19N3O2/c1-2-13-34(14-3-1)55-46-23-7-4-15-37(46)38-29-27-33(31-49(38)55)36-18-12-25-48-52(36)44-17-5-8-24-47(44)56(48)35-28-30-51-45(32-35)43-22-11-21-42(54(43)58-51)41-20-10-19-40-39-16-6-9-26-50(39)57-53(40)41;1-2-13-34(14-3-1)49-42-20-7-4-16-37(42)38-26-24-33(30-45(38)49)36-19-11-22-44-48(36)40-18-5-8-21-43(40)50(44)35-15-10-12-31(28-35)32-25-27-47-41(29-32)39-17-6-9-23-46(39)51-47;1-2-8-20(9-3-1)31-34-32(21-14-16-25-23-10-4-6-12-27(23)37-29(25)18-21)36-33(35-31)22-15-17-26-24-11-5-7-13-28(24)38-30(26)19-22/h1-32H;1-30H;1-19H/i1D,2D,3D,13D,14D;10D,12D,15D,28D;1D,2D,3D,8D,9D. The van der Waals surface area contributed by atoms with E-state index in [1.165, 1.54) is 10.8 Å². The summed E-state index contributed by atoms with van der Waals surface area (Å²) < 4.78 is 162. The molecular weight excluding hydrogens is 1800 g/mol. The van der Waals surface area contributed by atoms with Gasteiger partial charge in [0.25, 0.3) is 0 Å². The highest BCUT2D eigenvalue weighted by Gasteiger charge is 2.27. The van der Waals surface area contributed by atoms with Gasteiger partial charge in [-0.3, -0.25) is 0 Å². The number of benzene rings is 22. The van der Waals surface area contributed by atoms with Gasteiger partial charge in [-0.2, -0.15) is 0 Å². The van der Waals surface area contributed by atoms with Gasteiger partial charge in [-0.1, -0.05) is 327 Å². The van der Waals surface area contributed by atoms with Crippen LogP contribution in [0.1, 0.15) is 19.2 Å². The fourth-order valence-electron chi connectivity index (χ4n) is 22.2. The first kappa shape index (κ1) is 69.8. The third-order valence-corrected chi connectivity index (χ3v) is 28.7. The molecule has 10 aromatic heterocycles. The molecule has 0 radical (unpaired) electrons. The molecule has 0 fully saturated rings. The van der Waals surface area contributed by atoms with Gasteiger partial charge in [-0.15, -0.1) is 0 Å². The molecule has 12 nitrogen and oxygen atoms in total. The number of furan rings is 5. The van der Waals surface area contributed by atoms with E-state index in [1.54, 1.807) is 0 Å². The molecule has 0 unspecified atom stereocenters. The molecule has 0 aliphatic heterocycles. The van der Waals surface area contributed by atoms with Gasteiger partial charge < -0.3 is 40.4 Å². The van der Waals surface area contributed by atoms with Crippen LogP contribution in [0.4, 0.5) is 0 Å². The van der Waals surface area contributed by atoms with Crippen LogP contribution in [0.3, 0.4) is 0 Å². The van der Waals surface area contributed by atoms with Crippen LogP contribution in [0, 0.1) is 0 Å². The molecule has 0 aliphatic rings. The van der Waals surface area contributed by atoms with Crippen molar-refractivity contribution >= 4 is 197 Å². The minimum absolute atomic E-state index is 0.0278. The zero-order valence-electron chi connectivity index (χ0n) is 91.9. The summed E-state index contributed by atoms with van der Waals surface area (Å²) in [6.45, 7) is 0. The third-order valence-electron chi connectivity index (χ3n) is 28.7. The lowest BCUT2D eigenvalue weighted by Crippen LogP contribution is -2.00. The lowest BCUT2D eigenvalue weighted by molar-refractivity contribution is 0.665. The topological polar surface area (TPSA) is 124 Å². The van der Waals surface area contributed by atoms with E-state index in [-0.39, 0.29) is 82.8 Å². The van der Waals surface area contributed by atoms with E-state index in [9.17, 15) is 2.74 Å². The Balaban J connectivity index is 0.000000110. The summed E-state index contributed by atoms with van der Waals surface area (Å²) in [6, 6.07) is 132. The summed E-state index contributed by atoms with van der Waals surface area (Å²) in [5.41, 5.74) is 25.6. The van der Waals surface area contributed by atoms with Crippen molar-refractivity contribution in [3.8, 4) is 101 Å². The molecule has 0 spiro atoms. The van der Waals surface area contributed by atoms with Crippen LogP contribution in [0.5, 0.6) is 0 Å². The zero-order valence-corrected chi connectivity index (χ0v) is 77.9. The summed E-state index contributed by atoms with van der Waals surface area (Å²) in [5, 5.41) is 18.2. The van der Waals surface area contributed by atoms with Crippen LogP contribution in [-0.4, -0.2) is 33.2 Å². The Bertz CT molecular complexity index is 11800. The molecule has 0 aliphatic carbocycles. The average Bonchev–Trinajstić information content (AvgIpc) is 1.55. The van der Waals surface area contributed by atoms with E-state index in [0.717, 1.165) is 214 Å².